The fraction of sp³-hybridized carbons (Fsp3) is 0.375. The average Bonchev–Trinajstić information content (AvgIpc) is 3.44. The van der Waals surface area contributed by atoms with Gasteiger partial charge < -0.3 is 19.9 Å². The molecule has 1 amide bonds. The maximum absolute atomic E-state index is 12.5. The summed E-state index contributed by atoms with van der Waals surface area (Å²) in [4.78, 5) is 12.5. The van der Waals surface area contributed by atoms with Gasteiger partial charge in [0, 0.05) is 12.3 Å². The molecule has 2 aromatic carbocycles. The van der Waals surface area contributed by atoms with Crippen LogP contribution in [0.25, 0.3) is 0 Å². The minimum Gasteiger partial charge on any atom is -0.378 e. The summed E-state index contributed by atoms with van der Waals surface area (Å²) >= 11 is 7.51. The lowest BCUT2D eigenvalue weighted by Gasteiger charge is -2.16. The van der Waals surface area contributed by atoms with Gasteiger partial charge in [-0.05, 0) is 50.5 Å². The number of para-hydroxylation sites is 1. The van der Waals surface area contributed by atoms with Crippen molar-refractivity contribution >= 4 is 40.6 Å². The molecule has 0 radical (unpaired) electrons. The summed E-state index contributed by atoms with van der Waals surface area (Å²) in [6.45, 7) is 6.17. The van der Waals surface area contributed by atoms with Gasteiger partial charge in [0.15, 0.2) is 11.0 Å². The van der Waals surface area contributed by atoms with Gasteiger partial charge in [-0.3, -0.25) is 4.79 Å². The molecule has 2 N–H and O–H groups in total. The van der Waals surface area contributed by atoms with E-state index in [0.29, 0.717) is 29.0 Å². The topological polar surface area (TPSA) is 81.1 Å². The van der Waals surface area contributed by atoms with Crippen LogP contribution in [-0.4, -0.2) is 39.1 Å². The molecule has 0 bridgehead atoms. The average molecular weight is 486 g/mol. The van der Waals surface area contributed by atoms with E-state index >= 15 is 0 Å². The fourth-order valence-electron chi connectivity index (χ4n) is 3.80. The molecule has 33 heavy (non-hydrogen) atoms. The first-order valence-corrected chi connectivity index (χ1v) is 12.4. The zero-order valence-electron chi connectivity index (χ0n) is 18.8. The molecule has 1 aliphatic heterocycles. The van der Waals surface area contributed by atoms with Gasteiger partial charge in [0.05, 0.1) is 35.7 Å². The number of anilines is 2. The lowest BCUT2D eigenvalue weighted by atomic mass is 10.1. The van der Waals surface area contributed by atoms with Crippen molar-refractivity contribution in [1.29, 1.82) is 0 Å². The number of ether oxygens (including phenoxy) is 1. The standard InChI is InChI=1S/C24H28ClN5O2S/c1-16-9-10-20(17(2)12-16)26-13-22-28-29-24(30(22)14-18-6-5-11-32-18)33-15-23(31)27-21-8-4-3-7-19(21)25/h3-4,7-10,12,18,26H,5-6,11,13-15H2,1-2H3,(H,27,31). The van der Waals surface area contributed by atoms with E-state index in [4.69, 9.17) is 16.3 Å². The molecule has 1 aromatic heterocycles. The highest BCUT2D eigenvalue weighted by molar-refractivity contribution is 7.99. The SMILES string of the molecule is Cc1ccc(NCc2nnc(SCC(=O)Nc3ccccc3Cl)n2CC2CCCO2)c(C)c1. The molecule has 1 aliphatic rings. The van der Waals surface area contributed by atoms with Crippen molar-refractivity contribution in [2.45, 2.75) is 51.0 Å². The van der Waals surface area contributed by atoms with Crippen molar-refractivity contribution < 1.29 is 9.53 Å². The van der Waals surface area contributed by atoms with Gasteiger partial charge in [-0.2, -0.15) is 0 Å². The number of nitrogens with one attached hydrogen (secondary N) is 2. The quantitative estimate of drug-likeness (QED) is 0.412. The Morgan fingerprint density at radius 1 is 1.21 bits per heavy atom. The van der Waals surface area contributed by atoms with E-state index in [1.807, 2.05) is 12.1 Å². The van der Waals surface area contributed by atoms with E-state index in [-0.39, 0.29) is 17.8 Å². The highest BCUT2D eigenvalue weighted by Gasteiger charge is 2.21. The van der Waals surface area contributed by atoms with Crippen molar-refractivity contribution in [3.63, 3.8) is 0 Å². The van der Waals surface area contributed by atoms with E-state index < -0.39 is 0 Å². The summed E-state index contributed by atoms with van der Waals surface area (Å²) in [5.74, 6) is 0.883. The Labute approximate surface area is 203 Å². The number of carbonyl (C=O) groups is 1. The summed E-state index contributed by atoms with van der Waals surface area (Å²) < 4.78 is 7.92. The number of benzene rings is 2. The minimum atomic E-state index is -0.144. The maximum Gasteiger partial charge on any atom is 0.234 e. The Kier molecular flexibility index (Phi) is 7.90. The number of nitrogens with zero attached hydrogens (tertiary/aromatic N) is 3. The van der Waals surface area contributed by atoms with Gasteiger partial charge in [-0.1, -0.05) is 53.2 Å². The lowest BCUT2D eigenvalue weighted by Crippen LogP contribution is -2.20. The van der Waals surface area contributed by atoms with Crippen LogP contribution < -0.4 is 10.6 Å². The van der Waals surface area contributed by atoms with Crippen LogP contribution in [0.15, 0.2) is 47.6 Å². The number of carbonyl (C=O) groups excluding carboxylic acids is 1. The maximum atomic E-state index is 12.5. The van der Waals surface area contributed by atoms with Crippen LogP contribution in [0.1, 0.15) is 29.8 Å². The van der Waals surface area contributed by atoms with Gasteiger partial charge in [0.25, 0.3) is 0 Å². The predicted molar refractivity (Wildman–Crippen MR) is 133 cm³/mol. The Balaban J connectivity index is 1.44. The number of hydrogen-bond acceptors (Lipinski definition) is 6. The number of hydrogen-bond donors (Lipinski definition) is 2. The second kappa shape index (κ2) is 11.0. The van der Waals surface area contributed by atoms with Crippen LogP contribution >= 0.6 is 23.4 Å². The highest BCUT2D eigenvalue weighted by atomic mass is 35.5. The Morgan fingerprint density at radius 2 is 2.06 bits per heavy atom. The van der Waals surface area contributed by atoms with Crippen molar-refractivity contribution in [1.82, 2.24) is 14.8 Å². The molecule has 0 spiro atoms. The van der Waals surface area contributed by atoms with E-state index in [9.17, 15) is 4.79 Å². The first-order chi connectivity index (χ1) is 16.0. The van der Waals surface area contributed by atoms with Gasteiger partial charge in [-0.25, -0.2) is 0 Å². The molecule has 3 aromatic rings. The van der Waals surface area contributed by atoms with Crippen LogP contribution in [0.2, 0.25) is 5.02 Å². The normalized spacial score (nSPS) is 15.5. The zero-order valence-corrected chi connectivity index (χ0v) is 20.4. The second-order valence-corrected chi connectivity index (χ2v) is 9.48. The Morgan fingerprint density at radius 3 is 2.82 bits per heavy atom. The highest BCUT2D eigenvalue weighted by Crippen LogP contribution is 2.24. The van der Waals surface area contributed by atoms with Crippen LogP contribution in [0.4, 0.5) is 11.4 Å². The van der Waals surface area contributed by atoms with Crippen LogP contribution in [0, 0.1) is 13.8 Å². The van der Waals surface area contributed by atoms with Crippen LogP contribution in [0.5, 0.6) is 0 Å². The van der Waals surface area contributed by atoms with E-state index in [1.54, 1.807) is 12.1 Å². The third-order valence-corrected chi connectivity index (χ3v) is 6.80. The molecule has 0 saturated carbocycles. The summed E-state index contributed by atoms with van der Waals surface area (Å²) in [7, 11) is 0. The number of rotatable bonds is 9. The van der Waals surface area contributed by atoms with E-state index in [0.717, 1.165) is 31.0 Å². The van der Waals surface area contributed by atoms with Crippen molar-refractivity contribution in [3.05, 3.63) is 64.4 Å². The smallest absolute Gasteiger partial charge is 0.234 e. The molecular weight excluding hydrogens is 458 g/mol. The molecule has 1 saturated heterocycles. The number of amides is 1. The summed E-state index contributed by atoms with van der Waals surface area (Å²) in [5, 5.41) is 16.3. The molecule has 1 fully saturated rings. The van der Waals surface area contributed by atoms with Crippen molar-refractivity contribution in [3.8, 4) is 0 Å². The molecule has 4 rings (SSSR count). The van der Waals surface area contributed by atoms with Gasteiger partial charge in [0.2, 0.25) is 5.91 Å². The molecule has 174 valence electrons. The molecule has 0 aliphatic carbocycles. The molecule has 7 nitrogen and oxygen atoms in total. The number of aryl methyl sites for hydroxylation is 2. The largest absolute Gasteiger partial charge is 0.378 e. The van der Waals surface area contributed by atoms with E-state index in [1.165, 1.54) is 22.9 Å². The van der Waals surface area contributed by atoms with Crippen LogP contribution in [0.3, 0.4) is 0 Å². The minimum absolute atomic E-state index is 0.136. The van der Waals surface area contributed by atoms with Crippen molar-refractivity contribution in [2.75, 3.05) is 23.0 Å². The third kappa shape index (κ3) is 6.28. The van der Waals surface area contributed by atoms with Crippen LogP contribution in [-0.2, 0) is 22.6 Å². The van der Waals surface area contributed by atoms with Gasteiger partial charge >= 0.3 is 0 Å². The molecule has 1 unspecified atom stereocenters. The lowest BCUT2D eigenvalue weighted by molar-refractivity contribution is -0.113. The monoisotopic (exact) mass is 485 g/mol. The molecule has 1 atom stereocenters. The summed E-state index contributed by atoms with van der Waals surface area (Å²) in [6.07, 6.45) is 2.21. The first kappa shape index (κ1) is 23.6. The van der Waals surface area contributed by atoms with Gasteiger partial charge in [-0.15, -0.1) is 10.2 Å². The number of aromatic nitrogens is 3. The molecule has 2 heterocycles. The van der Waals surface area contributed by atoms with E-state index in [2.05, 4.69) is 57.4 Å². The predicted octanol–water partition coefficient (Wildman–Crippen LogP) is 5.07. The fourth-order valence-corrected chi connectivity index (χ4v) is 4.75. The second-order valence-electron chi connectivity index (χ2n) is 8.13. The summed E-state index contributed by atoms with van der Waals surface area (Å²) in [6, 6.07) is 13.5. The van der Waals surface area contributed by atoms with Crippen molar-refractivity contribution in [2.24, 2.45) is 0 Å². The summed E-state index contributed by atoms with van der Waals surface area (Å²) in [5.41, 5.74) is 4.09. The number of thioether (sulfide) groups is 1. The Bertz CT molecular complexity index is 1110. The number of halogens is 1. The van der Waals surface area contributed by atoms with Gasteiger partial charge in [0.1, 0.15) is 0 Å². The Hall–Kier alpha value is -2.55. The molecular formula is C24H28ClN5O2S. The molecule has 9 heteroatoms. The first-order valence-electron chi connectivity index (χ1n) is 11.0. The third-order valence-electron chi connectivity index (χ3n) is 5.50. The zero-order chi connectivity index (χ0) is 23.2.